The SMILES string of the molecule is COc1ccc(-c2nc(C)sc2-c2ccccn2)cc1OC. The van der Waals surface area contributed by atoms with Crippen molar-refractivity contribution in [1.29, 1.82) is 0 Å². The summed E-state index contributed by atoms with van der Waals surface area (Å²) in [5, 5.41) is 1.01. The van der Waals surface area contributed by atoms with Crippen molar-refractivity contribution in [1.82, 2.24) is 9.97 Å². The van der Waals surface area contributed by atoms with Crippen molar-refractivity contribution < 1.29 is 9.47 Å². The van der Waals surface area contributed by atoms with Crippen molar-refractivity contribution in [2.75, 3.05) is 14.2 Å². The maximum atomic E-state index is 5.39. The summed E-state index contributed by atoms with van der Waals surface area (Å²) in [4.78, 5) is 10.2. The number of methoxy groups -OCH3 is 2. The van der Waals surface area contributed by atoms with E-state index in [2.05, 4.69) is 9.97 Å². The first-order valence-electron chi connectivity index (χ1n) is 6.84. The first-order valence-corrected chi connectivity index (χ1v) is 7.66. The summed E-state index contributed by atoms with van der Waals surface area (Å²) in [7, 11) is 3.26. The summed E-state index contributed by atoms with van der Waals surface area (Å²) in [6.45, 7) is 2.00. The van der Waals surface area contributed by atoms with Crippen molar-refractivity contribution in [2.24, 2.45) is 0 Å². The van der Waals surface area contributed by atoms with Gasteiger partial charge in [0.15, 0.2) is 11.5 Å². The second-order valence-electron chi connectivity index (χ2n) is 4.70. The molecule has 0 saturated heterocycles. The van der Waals surface area contributed by atoms with Crippen LogP contribution in [-0.4, -0.2) is 24.2 Å². The maximum Gasteiger partial charge on any atom is 0.161 e. The number of aromatic nitrogens is 2. The molecule has 0 aliphatic carbocycles. The number of rotatable bonds is 4. The van der Waals surface area contributed by atoms with Crippen LogP contribution in [0, 0.1) is 6.92 Å². The van der Waals surface area contributed by atoms with E-state index in [1.807, 2.05) is 43.3 Å². The molecule has 1 aromatic carbocycles. The van der Waals surface area contributed by atoms with Crippen LogP contribution in [0.5, 0.6) is 11.5 Å². The van der Waals surface area contributed by atoms with Gasteiger partial charge in [-0.2, -0.15) is 0 Å². The second-order valence-corrected chi connectivity index (χ2v) is 5.90. The number of ether oxygens (including phenoxy) is 2. The molecule has 0 bridgehead atoms. The smallest absolute Gasteiger partial charge is 0.161 e. The normalized spacial score (nSPS) is 10.5. The summed E-state index contributed by atoms with van der Waals surface area (Å²) in [5.74, 6) is 1.40. The molecule has 0 radical (unpaired) electrons. The van der Waals surface area contributed by atoms with Crippen LogP contribution in [0.15, 0.2) is 42.6 Å². The molecule has 3 rings (SSSR count). The van der Waals surface area contributed by atoms with Gasteiger partial charge in [0.1, 0.15) is 0 Å². The van der Waals surface area contributed by atoms with Crippen LogP contribution >= 0.6 is 11.3 Å². The molecule has 4 nitrogen and oxygen atoms in total. The summed E-state index contributed by atoms with van der Waals surface area (Å²) in [5.41, 5.74) is 2.84. The molecule has 0 aliphatic heterocycles. The van der Waals surface area contributed by atoms with Crippen molar-refractivity contribution in [3.05, 3.63) is 47.6 Å². The largest absolute Gasteiger partial charge is 0.493 e. The summed E-state index contributed by atoms with van der Waals surface area (Å²) >= 11 is 1.64. The van der Waals surface area contributed by atoms with Gasteiger partial charge in [-0.25, -0.2) is 4.98 Å². The lowest BCUT2D eigenvalue weighted by Gasteiger charge is -2.09. The van der Waals surface area contributed by atoms with Gasteiger partial charge in [-0.3, -0.25) is 4.98 Å². The molecule has 0 fully saturated rings. The molecule has 112 valence electrons. The average Bonchev–Trinajstić information content (AvgIpc) is 2.97. The van der Waals surface area contributed by atoms with Crippen LogP contribution < -0.4 is 9.47 Å². The maximum absolute atomic E-state index is 5.39. The van der Waals surface area contributed by atoms with Crippen LogP contribution in [0.4, 0.5) is 0 Å². The van der Waals surface area contributed by atoms with Crippen molar-refractivity contribution >= 4 is 11.3 Å². The Hall–Kier alpha value is -2.40. The van der Waals surface area contributed by atoms with E-state index in [9.17, 15) is 0 Å². The lowest BCUT2D eigenvalue weighted by atomic mass is 10.1. The highest BCUT2D eigenvalue weighted by atomic mass is 32.1. The van der Waals surface area contributed by atoms with E-state index >= 15 is 0 Å². The number of nitrogens with zero attached hydrogens (tertiary/aromatic N) is 2. The highest BCUT2D eigenvalue weighted by Gasteiger charge is 2.16. The zero-order valence-corrected chi connectivity index (χ0v) is 13.5. The Morgan fingerprint density at radius 2 is 1.82 bits per heavy atom. The Balaban J connectivity index is 2.13. The molecule has 0 saturated carbocycles. The number of hydrogen-bond donors (Lipinski definition) is 0. The number of benzene rings is 1. The van der Waals surface area contributed by atoms with E-state index in [1.54, 1.807) is 31.8 Å². The number of thiazole rings is 1. The fraction of sp³-hybridized carbons (Fsp3) is 0.176. The third-order valence-electron chi connectivity index (χ3n) is 3.29. The fourth-order valence-corrected chi connectivity index (χ4v) is 3.19. The predicted molar refractivity (Wildman–Crippen MR) is 88.6 cm³/mol. The van der Waals surface area contributed by atoms with E-state index in [-0.39, 0.29) is 0 Å². The topological polar surface area (TPSA) is 44.2 Å². The lowest BCUT2D eigenvalue weighted by Crippen LogP contribution is -1.91. The summed E-state index contributed by atoms with van der Waals surface area (Å²) in [6, 6.07) is 11.7. The van der Waals surface area contributed by atoms with Gasteiger partial charge < -0.3 is 9.47 Å². The Kier molecular flexibility index (Phi) is 4.06. The molecule has 2 heterocycles. The Morgan fingerprint density at radius 1 is 1.00 bits per heavy atom. The molecule has 0 unspecified atom stereocenters. The van der Waals surface area contributed by atoms with Gasteiger partial charge in [0.25, 0.3) is 0 Å². The minimum absolute atomic E-state index is 0.692. The molecule has 0 atom stereocenters. The highest BCUT2D eigenvalue weighted by molar-refractivity contribution is 7.15. The van der Waals surface area contributed by atoms with Crippen LogP contribution in [0.3, 0.4) is 0 Å². The third-order valence-corrected chi connectivity index (χ3v) is 4.28. The molecule has 0 spiro atoms. The minimum Gasteiger partial charge on any atom is -0.493 e. The van der Waals surface area contributed by atoms with Crippen molar-refractivity contribution in [2.45, 2.75) is 6.92 Å². The van der Waals surface area contributed by atoms with E-state index in [0.29, 0.717) is 11.5 Å². The quantitative estimate of drug-likeness (QED) is 0.724. The van der Waals surface area contributed by atoms with E-state index in [4.69, 9.17) is 9.47 Å². The van der Waals surface area contributed by atoms with Crippen LogP contribution in [-0.2, 0) is 0 Å². The van der Waals surface area contributed by atoms with Gasteiger partial charge in [0, 0.05) is 11.8 Å². The van der Waals surface area contributed by atoms with Gasteiger partial charge in [-0.1, -0.05) is 6.07 Å². The second kappa shape index (κ2) is 6.15. The number of aryl methyl sites for hydroxylation is 1. The van der Waals surface area contributed by atoms with Crippen LogP contribution in [0.1, 0.15) is 5.01 Å². The molecular weight excluding hydrogens is 296 g/mol. The molecule has 0 aliphatic rings. The predicted octanol–water partition coefficient (Wildman–Crippen LogP) is 4.20. The van der Waals surface area contributed by atoms with Gasteiger partial charge >= 0.3 is 0 Å². The zero-order valence-electron chi connectivity index (χ0n) is 12.7. The van der Waals surface area contributed by atoms with E-state index in [0.717, 1.165) is 26.8 Å². The first kappa shape index (κ1) is 14.5. The van der Waals surface area contributed by atoms with Gasteiger partial charge in [-0.15, -0.1) is 11.3 Å². The first-order chi connectivity index (χ1) is 10.7. The molecule has 0 amide bonds. The standard InChI is InChI=1S/C17H16N2O2S/c1-11-19-16(17(22-11)13-6-4-5-9-18-13)12-7-8-14(20-2)15(10-12)21-3/h4-10H,1-3H3. The average molecular weight is 312 g/mol. The molecule has 5 heteroatoms. The summed E-state index contributed by atoms with van der Waals surface area (Å²) in [6.07, 6.45) is 1.79. The van der Waals surface area contributed by atoms with Crippen LogP contribution in [0.2, 0.25) is 0 Å². The Labute approximate surface area is 133 Å². The molecule has 3 aromatic rings. The monoisotopic (exact) mass is 312 g/mol. The molecule has 0 N–H and O–H groups in total. The van der Waals surface area contributed by atoms with E-state index in [1.165, 1.54) is 0 Å². The lowest BCUT2D eigenvalue weighted by molar-refractivity contribution is 0.355. The molecule has 22 heavy (non-hydrogen) atoms. The zero-order chi connectivity index (χ0) is 15.5. The highest BCUT2D eigenvalue weighted by Crippen LogP contribution is 2.38. The van der Waals surface area contributed by atoms with Crippen LogP contribution in [0.25, 0.3) is 21.8 Å². The van der Waals surface area contributed by atoms with E-state index < -0.39 is 0 Å². The molecule has 2 aromatic heterocycles. The Morgan fingerprint density at radius 3 is 2.50 bits per heavy atom. The minimum atomic E-state index is 0.692. The van der Waals surface area contributed by atoms with Crippen molar-refractivity contribution in [3.63, 3.8) is 0 Å². The number of pyridine rings is 1. The third kappa shape index (κ3) is 2.67. The van der Waals surface area contributed by atoms with Gasteiger partial charge in [0.05, 0.1) is 35.5 Å². The van der Waals surface area contributed by atoms with Gasteiger partial charge in [0.2, 0.25) is 0 Å². The van der Waals surface area contributed by atoms with Gasteiger partial charge in [-0.05, 0) is 37.3 Å². The molecular formula is C17H16N2O2S. The Bertz CT molecular complexity index is 785. The van der Waals surface area contributed by atoms with Crippen molar-refractivity contribution in [3.8, 4) is 33.3 Å². The summed E-state index contributed by atoms with van der Waals surface area (Å²) < 4.78 is 10.7. The number of hydrogen-bond acceptors (Lipinski definition) is 5. The fourth-order valence-electron chi connectivity index (χ4n) is 2.28.